The lowest BCUT2D eigenvalue weighted by atomic mass is 10.0. The normalized spacial score (nSPS) is 12.3. The third-order valence-corrected chi connectivity index (χ3v) is 3.92. The number of carbonyl (C=O) groups excluding carboxylic acids is 1. The van der Waals surface area contributed by atoms with Crippen LogP contribution in [0.3, 0.4) is 0 Å². The van der Waals surface area contributed by atoms with Crippen molar-refractivity contribution in [1.82, 2.24) is 0 Å². The molecule has 0 amide bonds. The molecule has 0 bridgehead atoms. The molecule has 0 saturated carbocycles. The van der Waals surface area contributed by atoms with Gasteiger partial charge in [-0.15, -0.1) is 0 Å². The fourth-order valence-electron chi connectivity index (χ4n) is 2.35. The summed E-state index contributed by atoms with van der Waals surface area (Å²) in [4.78, 5) is 12.6. The predicted molar refractivity (Wildman–Crippen MR) is 82.5 cm³/mol. The highest BCUT2D eigenvalue weighted by atomic mass is 79.9. The molecule has 0 spiro atoms. The summed E-state index contributed by atoms with van der Waals surface area (Å²) in [5.74, 6) is 0.200. The minimum atomic E-state index is -0.0717. The van der Waals surface area contributed by atoms with Crippen LogP contribution < -0.4 is 17.0 Å². The first-order chi connectivity index (χ1) is 9.50. The van der Waals surface area contributed by atoms with Gasteiger partial charge in [0.05, 0.1) is 14.1 Å². The molecule has 0 fully saturated rings. The van der Waals surface area contributed by atoms with Gasteiger partial charge in [0.1, 0.15) is 12.6 Å². The number of quaternary nitrogens is 1. The average molecular weight is 348 g/mol. The van der Waals surface area contributed by atoms with E-state index in [1.54, 1.807) is 0 Å². The largest absolute Gasteiger partial charge is 1.00 e. The van der Waals surface area contributed by atoms with Crippen LogP contribution in [-0.4, -0.2) is 30.4 Å². The number of rotatable bonds is 5. The lowest BCUT2D eigenvalue weighted by Crippen LogP contribution is -3.00. The molecule has 1 atom stereocenters. The van der Waals surface area contributed by atoms with E-state index in [2.05, 4.69) is 26.2 Å². The minimum Gasteiger partial charge on any atom is -1.00 e. The van der Waals surface area contributed by atoms with E-state index in [0.29, 0.717) is 4.48 Å². The maximum Gasteiger partial charge on any atom is 0.219 e. The maximum atomic E-state index is 12.6. The zero-order valence-corrected chi connectivity index (χ0v) is 14.4. The third kappa shape index (κ3) is 4.51. The van der Waals surface area contributed by atoms with Crippen molar-refractivity contribution in [1.29, 1.82) is 0 Å². The molecule has 0 aliphatic carbocycles. The Morgan fingerprint density at radius 2 is 1.43 bits per heavy atom. The molecule has 0 radical (unpaired) electrons. The minimum absolute atomic E-state index is 0. The summed E-state index contributed by atoms with van der Waals surface area (Å²) in [6, 6.07) is 19.8. The summed E-state index contributed by atoms with van der Waals surface area (Å²) in [6.45, 7) is 2.86. The summed E-state index contributed by atoms with van der Waals surface area (Å²) >= 11 is 0. The molecule has 0 heterocycles. The van der Waals surface area contributed by atoms with E-state index < -0.39 is 0 Å². The predicted octanol–water partition coefficient (Wildman–Crippen LogP) is 0.538. The highest BCUT2D eigenvalue weighted by Crippen LogP contribution is 2.17. The average Bonchev–Trinajstić information content (AvgIpc) is 2.47. The van der Waals surface area contributed by atoms with E-state index in [-0.39, 0.29) is 28.8 Å². The number of benzene rings is 2. The van der Waals surface area contributed by atoms with Crippen molar-refractivity contribution in [2.45, 2.75) is 19.5 Å². The summed E-state index contributed by atoms with van der Waals surface area (Å²) in [5, 5.41) is 0. The van der Waals surface area contributed by atoms with Gasteiger partial charge in [-0.05, 0) is 6.92 Å². The number of hydrogen-bond acceptors (Lipinski definition) is 1. The van der Waals surface area contributed by atoms with Gasteiger partial charge in [0.25, 0.3) is 0 Å². The molecule has 2 rings (SSSR count). The van der Waals surface area contributed by atoms with Gasteiger partial charge in [0, 0.05) is 11.1 Å². The summed E-state index contributed by atoms with van der Waals surface area (Å²) in [5.41, 5.74) is 2.05. The quantitative estimate of drug-likeness (QED) is 0.570. The Hall–Kier alpha value is -1.45. The summed E-state index contributed by atoms with van der Waals surface area (Å²) in [6.07, 6.45) is 0. The second-order valence-corrected chi connectivity index (χ2v) is 5.83. The SMILES string of the molecule is CC(C(=O)c1ccccc1)[N+](C)(C)Cc1ccccc1.[Br-]. The molecule has 2 aromatic rings. The highest BCUT2D eigenvalue weighted by Gasteiger charge is 2.31. The van der Waals surface area contributed by atoms with Crippen LogP contribution in [0.1, 0.15) is 22.8 Å². The number of ketones is 1. The van der Waals surface area contributed by atoms with Crippen molar-refractivity contribution in [3.8, 4) is 0 Å². The van der Waals surface area contributed by atoms with Crippen molar-refractivity contribution in [2.75, 3.05) is 14.1 Å². The Morgan fingerprint density at radius 3 is 1.95 bits per heavy atom. The fourth-order valence-corrected chi connectivity index (χ4v) is 2.35. The molecular formula is C18H22BrNO. The topological polar surface area (TPSA) is 17.1 Å². The number of Topliss-reactive ketones (excluding diaryl/α,β-unsaturated/α-hetero) is 1. The third-order valence-electron chi connectivity index (χ3n) is 3.92. The Labute approximate surface area is 137 Å². The second-order valence-electron chi connectivity index (χ2n) is 5.83. The van der Waals surface area contributed by atoms with Crippen molar-refractivity contribution in [3.05, 3.63) is 71.8 Å². The van der Waals surface area contributed by atoms with Gasteiger partial charge in [-0.2, -0.15) is 0 Å². The molecular weight excluding hydrogens is 326 g/mol. The van der Waals surface area contributed by atoms with Crippen LogP contribution in [0.15, 0.2) is 60.7 Å². The van der Waals surface area contributed by atoms with Crippen LogP contribution in [0.4, 0.5) is 0 Å². The molecule has 2 aromatic carbocycles. The highest BCUT2D eigenvalue weighted by molar-refractivity contribution is 5.99. The molecule has 0 aliphatic heterocycles. The second kappa shape index (κ2) is 7.53. The number of hydrogen-bond donors (Lipinski definition) is 0. The molecule has 21 heavy (non-hydrogen) atoms. The van der Waals surface area contributed by atoms with Crippen molar-refractivity contribution < 1.29 is 26.3 Å². The first-order valence-electron chi connectivity index (χ1n) is 6.96. The molecule has 0 aliphatic rings. The zero-order valence-electron chi connectivity index (χ0n) is 12.8. The van der Waals surface area contributed by atoms with Crippen LogP contribution in [-0.2, 0) is 6.54 Å². The van der Waals surface area contributed by atoms with Crippen LogP contribution in [0.25, 0.3) is 0 Å². The number of nitrogens with zero attached hydrogens (tertiary/aromatic N) is 1. The van der Waals surface area contributed by atoms with Crippen molar-refractivity contribution in [3.63, 3.8) is 0 Å². The van der Waals surface area contributed by atoms with Gasteiger partial charge in [-0.3, -0.25) is 4.79 Å². The molecule has 112 valence electrons. The van der Waals surface area contributed by atoms with Gasteiger partial charge in [0.15, 0.2) is 0 Å². The van der Waals surface area contributed by atoms with E-state index in [4.69, 9.17) is 0 Å². The Balaban J connectivity index is 0.00000220. The maximum absolute atomic E-state index is 12.6. The Bertz CT molecular complexity index is 566. The molecule has 3 heteroatoms. The van der Waals surface area contributed by atoms with Crippen LogP contribution in [0, 0.1) is 0 Å². The molecule has 2 nitrogen and oxygen atoms in total. The van der Waals surface area contributed by atoms with Gasteiger partial charge in [0.2, 0.25) is 5.78 Å². The zero-order chi connectivity index (χ0) is 14.6. The number of carbonyl (C=O) groups is 1. The first-order valence-corrected chi connectivity index (χ1v) is 6.96. The van der Waals surface area contributed by atoms with Crippen molar-refractivity contribution in [2.24, 2.45) is 0 Å². The first kappa shape index (κ1) is 17.6. The smallest absolute Gasteiger partial charge is 0.219 e. The van der Waals surface area contributed by atoms with Gasteiger partial charge >= 0.3 is 0 Å². The van der Waals surface area contributed by atoms with E-state index in [1.807, 2.05) is 55.5 Å². The van der Waals surface area contributed by atoms with Gasteiger partial charge in [-0.25, -0.2) is 0 Å². The Kier molecular flexibility index (Phi) is 6.31. The van der Waals surface area contributed by atoms with Crippen LogP contribution >= 0.6 is 0 Å². The number of likely N-dealkylation sites (N-methyl/N-ethyl adjacent to an activating group) is 1. The van der Waals surface area contributed by atoms with Gasteiger partial charge < -0.3 is 21.5 Å². The van der Waals surface area contributed by atoms with Crippen molar-refractivity contribution >= 4 is 5.78 Å². The van der Waals surface area contributed by atoms with E-state index in [9.17, 15) is 4.79 Å². The van der Waals surface area contributed by atoms with Crippen LogP contribution in [0.5, 0.6) is 0 Å². The lowest BCUT2D eigenvalue weighted by Gasteiger charge is -2.35. The fraction of sp³-hybridized carbons (Fsp3) is 0.278. The molecule has 0 aromatic heterocycles. The summed E-state index contributed by atoms with van der Waals surface area (Å²) < 4.78 is 0.651. The molecule has 0 saturated heterocycles. The van der Waals surface area contributed by atoms with E-state index in [0.717, 1.165) is 12.1 Å². The van der Waals surface area contributed by atoms with Gasteiger partial charge in [-0.1, -0.05) is 60.7 Å². The molecule has 0 N–H and O–H groups in total. The van der Waals surface area contributed by atoms with Crippen LogP contribution in [0.2, 0.25) is 0 Å². The standard InChI is InChI=1S/C18H22NO.BrH/c1-15(18(20)17-12-8-5-9-13-17)19(2,3)14-16-10-6-4-7-11-16;/h4-13,15H,14H2,1-3H3;1H/q+1;/p-1. The summed E-state index contributed by atoms with van der Waals surface area (Å²) in [7, 11) is 4.22. The monoisotopic (exact) mass is 347 g/mol. The lowest BCUT2D eigenvalue weighted by molar-refractivity contribution is -0.916. The van der Waals surface area contributed by atoms with E-state index in [1.165, 1.54) is 5.56 Å². The van der Waals surface area contributed by atoms with E-state index >= 15 is 0 Å². The Morgan fingerprint density at radius 1 is 0.952 bits per heavy atom. The number of halogens is 1. The molecule has 1 unspecified atom stereocenters.